The van der Waals surface area contributed by atoms with Gasteiger partial charge in [-0.3, -0.25) is 0 Å². The van der Waals surface area contributed by atoms with E-state index in [1.807, 2.05) is 12.1 Å². The van der Waals surface area contributed by atoms with Crippen LogP contribution in [0.2, 0.25) is 0 Å². The zero-order valence-electron chi connectivity index (χ0n) is 14.0. The van der Waals surface area contributed by atoms with Crippen molar-refractivity contribution in [1.29, 1.82) is 0 Å². The topological polar surface area (TPSA) is 59.6 Å². The van der Waals surface area contributed by atoms with Crippen LogP contribution in [0.25, 0.3) is 0 Å². The zero-order valence-corrected chi connectivity index (χ0v) is 14.0. The molecule has 0 bridgehead atoms. The highest BCUT2D eigenvalue weighted by molar-refractivity contribution is 5.77. The van der Waals surface area contributed by atoms with E-state index in [1.165, 1.54) is 19.3 Å². The van der Waals surface area contributed by atoms with E-state index < -0.39 is 12.8 Å². The number of aliphatic imine (C=N–C) groups is 1. The summed E-state index contributed by atoms with van der Waals surface area (Å²) in [6.07, 6.45) is 0.361. The van der Waals surface area contributed by atoms with E-state index in [-0.39, 0.29) is 6.61 Å². The van der Waals surface area contributed by atoms with Crippen LogP contribution >= 0.6 is 0 Å². The Labute approximate surface area is 141 Å². The minimum absolute atomic E-state index is 0.0650. The monoisotopic (exact) mass is 345 g/mol. The summed E-state index contributed by atoms with van der Waals surface area (Å²) >= 11 is 0. The molecule has 0 aromatic heterocycles. The van der Waals surface area contributed by atoms with E-state index >= 15 is 0 Å². The summed E-state index contributed by atoms with van der Waals surface area (Å²) in [5.41, 5.74) is 7.41. The van der Waals surface area contributed by atoms with Gasteiger partial charge in [0, 0.05) is 6.54 Å². The molecule has 3 N–H and O–H groups in total. The molecule has 4 nitrogen and oxygen atoms in total. The van der Waals surface area contributed by atoms with Crippen molar-refractivity contribution in [2.75, 3.05) is 13.2 Å². The lowest BCUT2D eigenvalue weighted by molar-refractivity contribution is -0.176. The van der Waals surface area contributed by atoms with Gasteiger partial charge in [-0.25, -0.2) is 4.99 Å². The molecule has 136 valence electrons. The summed E-state index contributed by atoms with van der Waals surface area (Å²) in [4.78, 5) is 4.24. The maximum absolute atomic E-state index is 12.0. The summed E-state index contributed by atoms with van der Waals surface area (Å²) in [5.74, 6) is 0.407. The van der Waals surface area contributed by atoms with Crippen molar-refractivity contribution in [3.63, 3.8) is 0 Å². The number of alkyl halides is 3. The van der Waals surface area contributed by atoms with Crippen LogP contribution in [0.3, 0.4) is 0 Å². The Morgan fingerprint density at radius 3 is 2.42 bits per heavy atom. The van der Waals surface area contributed by atoms with Gasteiger partial charge < -0.3 is 15.8 Å². The second-order valence-electron chi connectivity index (χ2n) is 5.61. The first-order valence-electron chi connectivity index (χ1n) is 8.17. The fourth-order valence-corrected chi connectivity index (χ4v) is 2.03. The Morgan fingerprint density at radius 1 is 1.12 bits per heavy atom. The molecule has 0 saturated heterocycles. The Balaban J connectivity index is 2.29. The lowest BCUT2D eigenvalue weighted by atomic mass is 10.1. The molecule has 24 heavy (non-hydrogen) atoms. The van der Waals surface area contributed by atoms with Crippen molar-refractivity contribution < 1.29 is 17.9 Å². The SMILES string of the molecule is CCCCCCNC(N)=NCc1ccc(COCC(F)(F)F)cc1. The van der Waals surface area contributed by atoms with Gasteiger partial charge in [0.15, 0.2) is 5.96 Å². The number of nitrogens with zero attached hydrogens (tertiary/aromatic N) is 1. The summed E-state index contributed by atoms with van der Waals surface area (Å²) < 4.78 is 40.6. The predicted octanol–water partition coefficient (Wildman–Crippen LogP) is 3.75. The molecule has 0 saturated carbocycles. The minimum Gasteiger partial charge on any atom is -0.370 e. The third-order valence-corrected chi connectivity index (χ3v) is 3.33. The third kappa shape index (κ3) is 10.1. The molecule has 7 heteroatoms. The summed E-state index contributed by atoms with van der Waals surface area (Å²) in [6.45, 7) is 2.10. The van der Waals surface area contributed by atoms with Gasteiger partial charge >= 0.3 is 6.18 Å². The number of nitrogens with two attached hydrogens (primary N) is 1. The minimum atomic E-state index is -4.30. The van der Waals surface area contributed by atoms with Crippen molar-refractivity contribution in [2.24, 2.45) is 10.7 Å². The Morgan fingerprint density at radius 2 is 1.79 bits per heavy atom. The number of halogens is 3. The van der Waals surface area contributed by atoms with Gasteiger partial charge in [0.25, 0.3) is 0 Å². The van der Waals surface area contributed by atoms with Gasteiger partial charge in [-0.2, -0.15) is 13.2 Å². The highest BCUT2D eigenvalue weighted by Gasteiger charge is 2.27. The maximum Gasteiger partial charge on any atom is 0.411 e. The molecule has 0 heterocycles. The van der Waals surface area contributed by atoms with Crippen molar-refractivity contribution in [3.05, 3.63) is 35.4 Å². The van der Waals surface area contributed by atoms with Gasteiger partial charge in [0.1, 0.15) is 6.61 Å². The smallest absolute Gasteiger partial charge is 0.370 e. The van der Waals surface area contributed by atoms with Crippen molar-refractivity contribution in [1.82, 2.24) is 5.32 Å². The molecule has 0 atom stereocenters. The molecule has 1 rings (SSSR count). The molecule has 0 fully saturated rings. The normalized spacial score (nSPS) is 12.4. The van der Waals surface area contributed by atoms with Gasteiger partial charge in [-0.05, 0) is 17.5 Å². The molecule has 1 aromatic rings. The number of hydrogen-bond donors (Lipinski definition) is 2. The van der Waals surface area contributed by atoms with Crippen molar-refractivity contribution in [3.8, 4) is 0 Å². The largest absolute Gasteiger partial charge is 0.411 e. The summed E-state index contributed by atoms with van der Waals surface area (Å²) in [6, 6.07) is 7.08. The highest BCUT2D eigenvalue weighted by Crippen LogP contribution is 2.16. The Bertz CT molecular complexity index is 487. The van der Waals surface area contributed by atoms with E-state index in [0.717, 1.165) is 18.5 Å². The van der Waals surface area contributed by atoms with Crippen LogP contribution in [-0.2, 0) is 17.9 Å². The highest BCUT2D eigenvalue weighted by atomic mass is 19.4. The molecule has 0 amide bonds. The first-order valence-corrected chi connectivity index (χ1v) is 8.17. The van der Waals surface area contributed by atoms with Crippen LogP contribution < -0.4 is 11.1 Å². The molecule has 1 aromatic carbocycles. The van der Waals surface area contributed by atoms with Crippen LogP contribution in [0, 0.1) is 0 Å². The standard InChI is InChI=1S/C17H26F3N3O/c1-2-3-4-5-10-22-16(21)23-11-14-6-8-15(9-7-14)12-24-13-17(18,19)20/h6-9H,2-5,10-13H2,1H3,(H3,21,22,23). The number of rotatable bonds is 10. The molecular formula is C17H26F3N3O. The molecular weight excluding hydrogens is 319 g/mol. The van der Waals surface area contributed by atoms with Gasteiger partial charge in [0.2, 0.25) is 0 Å². The average Bonchev–Trinajstić information content (AvgIpc) is 2.53. The van der Waals surface area contributed by atoms with E-state index in [4.69, 9.17) is 5.73 Å². The number of ether oxygens (including phenoxy) is 1. The van der Waals surface area contributed by atoms with E-state index in [0.29, 0.717) is 18.1 Å². The van der Waals surface area contributed by atoms with E-state index in [9.17, 15) is 13.2 Å². The molecule has 0 aliphatic heterocycles. The molecule has 0 spiro atoms. The molecule has 0 aliphatic rings. The zero-order chi connectivity index (χ0) is 17.8. The quantitative estimate of drug-likeness (QED) is 0.386. The predicted molar refractivity (Wildman–Crippen MR) is 89.6 cm³/mol. The number of benzene rings is 1. The summed E-state index contributed by atoms with van der Waals surface area (Å²) in [7, 11) is 0. The average molecular weight is 345 g/mol. The van der Waals surface area contributed by atoms with Gasteiger partial charge in [-0.15, -0.1) is 0 Å². The number of unbranched alkanes of at least 4 members (excludes halogenated alkanes) is 3. The first kappa shape index (κ1) is 20.3. The van der Waals surface area contributed by atoms with Gasteiger partial charge in [-0.1, -0.05) is 50.5 Å². The Kier molecular flexibility index (Phi) is 9.22. The number of guanidine groups is 1. The second kappa shape index (κ2) is 10.9. The fourth-order valence-electron chi connectivity index (χ4n) is 2.03. The van der Waals surface area contributed by atoms with Crippen LogP contribution in [0.1, 0.15) is 43.7 Å². The lowest BCUT2D eigenvalue weighted by Crippen LogP contribution is -2.32. The maximum atomic E-state index is 12.0. The lowest BCUT2D eigenvalue weighted by Gasteiger charge is -2.08. The van der Waals surface area contributed by atoms with E-state index in [2.05, 4.69) is 22.0 Å². The number of hydrogen-bond acceptors (Lipinski definition) is 2. The van der Waals surface area contributed by atoms with Crippen LogP contribution in [-0.4, -0.2) is 25.3 Å². The van der Waals surface area contributed by atoms with E-state index in [1.54, 1.807) is 12.1 Å². The second-order valence-corrected chi connectivity index (χ2v) is 5.61. The molecule has 0 aliphatic carbocycles. The van der Waals surface area contributed by atoms with Crippen molar-refractivity contribution in [2.45, 2.75) is 51.9 Å². The first-order chi connectivity index (χ1) is 11.4. The Hall–Kier alpha value is -1.76. The number of nitrogens with one attached hydrogen (secondary N) is 1. The van der Waals surface area contributed by atoms with Crippen LogP contribution in [0.5, 0.6) is 0 Å². The van der Waals surface area contributed by atoms with Crippen LogP contribution in [0.15, 0.2) is 29.3 Å². The van der Waals surface area contributed by atoms with Gasteiger partial charge in [0.05, 0.1) is 13.2 Å². The van der Waals surface area contributed by atoms with Crippen LogP contribution in [0.4, 0.5) is 13.2 Å². The fraction of sp³-hybridized carbons (Fsp3) is 0.588. The third-order valence-electron chi connectivity index (χ3n) is 3.33. The summed E-state index contributed by atoms with van der Waals surface area (Å²) in [5, 5.41) is 3.07. The molecule has 0 unspecified atom stereocenters. The molecule has 0 radical (unpaired) electrons. The van der Waals surface area contributed by atoms with Crippen molar-refractivity contribution >= 4 is 5.96 Å².